The van der Waals surface area contributed by atoms with Crippen molar-refractivity contribution in [2.24, 2.45) is 5.73 Å². The standard InChI is InChI=1S/C17H27F2N/c1-2-3-4-5-6-7-8-9-10-17(20)14-11-12-15(18)16(19)13-14/h11-13,17H,2-10,20H2,1H3. The Bertz CT molecular complexity index is 379. The summed E-state index contributed by atoms with van der Waals surface area (Å²) in [5, 5.41) is 0. The molecular formula is C17H27F2N. The summed E-state index contributed by atoms with van der Waals surface area (Å²) in [5.41, 5.74) is 6.69. The molecule has 1 aromatic rings. The van der Waals surface area contributed by atoms with Gasteiger partial charge in [0.2, 0.25) is 0 Å². The van der Waals surface area contributed by atoms with Crippen molar-refractivity contribution in [3.63, 3.8) is 0 Å². The van der Waals surface area contributed by atoms with Crippen LogP contribution in [0.5, 0.6) is 0 Å². The Kier molecular flexibility index (Phi) is 8.43. The van der Waals surface area contributed by atoms with Gasteiger partial charge in [0.1, 0.15) is 0 Å². The molecule has 20 heavy (non-hydrogen) atoms. The fourth-order valence-corrected chi connectivity index (χ4v) is 2.41. The van der Waals surface area contributed by atoms with Crippen molar-refractivity contribution in [2.75, 3.05) is 0 Å². The van der Waals surface area contributed by atoms with Crippen molar-refractivity contribution in [3.8, 4) is 0 Å². The smallest absolute Gasteiger partial charge is 0.159 e. The number of benzene rings is 1. The molecule has 0 heterocycles. The zero-order valence-electron chi connectivity index (χ0n) is 12.5. The minimum absolute atomic E-state index is 0.190. The van der Waals surface area contributed by atoms with E-state index in [1.807, 2.05) is 0 Å². The molecule has 3 heteroatoms. The molecule has 0 spiro atoms. The number of halogens is 2. The molecule has 0 radical (unpaired) electrons. The lowest BCUT2D eigenvalue weighted by Gasteiger charge is -2.12. The van der Waals surface area contributed by atoms with E-state index in [-0.39, 0.29) is 6.04 Å². The molecule has 1 rings (SSSR count). The Balaban J connectivity index is 2.13. The Hall–Kier alpha value is -0.960. The first-order chi connectivity index (χ1) is 9.65. The summed E-state index contributed by atoms with van der Waals surface area (Å²) in [6.45, 7) is 2.22. The van der Waals surface area contributed by atoms with Gasteiger partial charge in [0.25, 0.3) is 0 Å². The van der Waals surface area contributed by atoms with Gasteiger partial charge in [-0.3, -0.25) is 0 Å². The largest absolute Gasteiger partial charge is 0.324 e. The topological polar surface area (TPSA) is 26.0 Å². The molecule has 114 valence electrons. The maximum Gasteiger partial charge on any atom is 0.159 e. The highest BCUT2D eigenvalue weighted by Crippen LogP contribution is 2.20. The number of rotatable bonds is 10. The van der Waals surface area contributed by atoms with E-state index < -0.39 is 11.6 Å². The summed E-state index contributed by atoms with van der Waals surface area (Å²) in [6, 6.07) is 3.75. The molecule has 0 aliphatic rings. The lowest BCUT2D eigenvalue weighted by atomic mass is 10.00. The molecule has 1 atom stereocenters. The highest BCUT2D eigenvalue weighted by Gasteiger charge is 2.09. The van der Waals surface area contributed by atoms with E-state index in [0.717, 1.165) is 18.9 Å². The maximum absolute atomic E-state index is 13.1. The van der Waals surface area contributed by atoms with Crippen molar-refractivity contribution >= 4 is 0 Å². The van der Waals surface area contributed by atoms with E-state index in [1.54, 1.807) is 6.07 Å². The average Bonchev–Trinajstić information content (AvgIpc) is 2.44. The highest BCUT2D eigenvalue weighted by atomic mass is 19.2. The number of unbranched alkanes of at least 4 members (excludes halogenated alkanes) is 7. The van der Waals surface area contributed by atoms with Crippen LogP contribution in [0.2, 0.25) is 0 Å². The molecule has 1 nitrogen and oxygen atoms in total. The van der Waals surface area contributed by atoms with Crippen molar-refractivity contribution < 1.29 is 8.78 Å². The lowest BCUT2D eigenvalue weighted by Crippen LogP contribution is -2.10. The summed E-state index contributed by atoms with van der Waals surface area (Å²) in [7, 11) is 0. The zero-order chi connectivity index (χ0) is 14.8. The molecule has 0 bridgehead atoms. The van der Waals surface area contributed by atoms with E-state index in [9.17, 15) is 8.78 Å². The second kappa shape index (κ2) is 9.87. The van der Waals surface area contributed by atoms with Gasteiger partial charge >= 0.3 is 0 Å². The van der Waals surface area contributed by atoms with Crippen molar-refractivity contribution in [3.05, 3.63) is 35.4 Å². The first-order valence-electron chi connectivity index (χ1n) is 7.85. The molecule has 0 aliphatic heterocycles. The molecule has 0 saturated carbocycles. The minimum Gasteiger partial charge on any atom is -0.324 e. The molecule has 0 fully saturated rings. The summed E-state index contributed by atoms with van der Waals surface area (Å²) in [5.74, 6) is -1.62. The molecule has 0 saturated heterocycles. The third-order valence-electron chi connectivity index (χ3n) is 3.74. The quantitative estimate of drug-likeness (QED) is 0.564. The van der Waals surface area contributed by atoms with Gasteiger partial charge in [-0.05, 0) is 24.1 Å². The highest BCUT2D eigenvalue weighted by molar-refractivity contribution is 5.20. The summed E-state index contributed by atoms with van der Waals surface area (Å²) < 4.78 is 25.9. The predicted molar refractivity (Wildman–Crippen MR) is 80.5 cm³/mol. The Morgan fingerprint density at radius 1 is 0.900 bits per heavy atom. The van der Waals surface area contributed by atoms with Crippen molar-refractivity contribution in [1.29, 1.82) is 0 Å². The normalized spacial score (nSPS) is 12.6. The number of nitrogens with two attached hydrogens (primary N) is 1. The van der Waals surface area contributed by atoms with E-state index in [0.29, 0.717) is 5.56 Å². The fourth-order valence-electron chi connectivity index (χ4n) is 2.41. The van der Waals surface area contributed by atoms with Crippen LogP contribution in [0.15, 0.2) is 18.2 Å². The molecule has 0 aromatic heterocycles. The van der Waals surface area contributed by atoms with Gasteiger partial charge < -0.3 is 5.73 Å². The van der Waals surface area contributed by atoms with Crippen molar-refractivity contribution in [2.45, 2.75) is 70.8 Å². The van der Waals surface area contributed by atoms with Crippen LogP contribution in [-0.2, 0) is 0 Å². The van der Waals surface area contributed by atoms with E-state index in [4.69, 9.17) is 5.73 Å². The first-order valence-corrected chi connectivity index (χ1v) is 7.85. The zero-order valence-corrected chi connectivity index (χ0v) is 12.5. The van der Waals surface area contributed by atoms with Gasteiger partial charge in [-0.2, -0.15) is 0 Å². The van der Waals surface area contributed by atoms with Crippen LogP contribution >= 0.6 is 0 Å². The van der Waals surface area contributed by atoms with Crippen molar-refractivity contribution in [1.82, 2.24) is 0 Å². The van der Waals surface area contributed by atoms with E-state index in [2.05, 4.69) is 6.92 Å². The van der Waals surface area contributed by atoms with Crippen LogP contribution in [0.25, 0.3) is 0 Å². The average molecular weight is 283 g/mol. The minimum atomic E-state index is -0.812. The molecule has 2 N–H and O–H groups in total. The number of hydrogen-bond donors (Lipinski definition) is 1. The lowest BCUT2D eigenvalue weighted by molar-refractivity contribution is 0.500. The second-order valence-electron chi connectivity index (χ2n) is 5.54. The summed E-state index contributed by atoms with van der Waals surface area (Å²) >= 11 is 0. The monoisotopic (exact) mass is 283 g/mol. The molecular weight excluding hydrogens is 256 g/mol. The van der Waals surface area contributed by atoms with Crippen LogP contribution < -0.4 is 5.73 Å². The van der Waals surface area contributed by atoms with Crippen LogP contribution in [0.4, 0.5) is 8.78 Å². The summed E-state index contributed by atoms with van der Waals surface area (Å²) in [4.78, 5) is 0. The summed E-state index contributed by atoms with van der Waals surface area (Å²) in [6.07, 6.45) is 10.9. The third kappa shape index (κ3) is 6.47. The van der Waals surface area contributed by atoms with E-state index in [1.165, 1.54) is 51.0 Å². The molecule has 0 aliphatic carbocycles. The SMILES string of the molecule is CCCCCCCCCCC(N)c1ccc(F)c(F)c1. The van der Waals surface area contributed by atoms with Crippen LogP contribution in [0.1, 0.15) is 76.3 Å². The molecule has 1 aromatic carbocycles. The number of hydrogen-bond acceptors (Lipinski definition) is 1. The predicted octanol–water partition coefficient (Wildman–Crippen LogP) is 5.50. The van der Waals surface area contributed by atoms with Gasteiger partial charge in [-0.1, -0.05) is 64.4 Å². The second-order valence-corrected chi connectivity index (χ2v) is 5.54. The van der Waals surface area contributed by atoms with Crippen LogP contribution in [0, 0.1) is 11.6 Å². The first kappa shape index (κ1) is 17.1. The Labute approximate surface area is 121 Å². The maximum atomic E-state index is 13.1. The van der Waals surface area contributed by atoms with Gasteiger partial charge in [-0.25, -0.2) is 8.78 Å². The molecule has 1 unspecified atom stereocenters. The van der Waals surface area contributed by atoms with Gasteiger partial charge in [0.15, 0.2) is 11.6 Å². The van der Waals surface area contributed by atoms with Gasteiger partial charge in [0, 0.05) is 6.04 Å². The Morgan fingerprint density at radius 3 is 2.10 bits per heavy atom. The fraction of sp³-hybridized carbons (Fsp3) is 0.647. The van der Waals surface area contributed by atoms with Gasteiger partial charge in [-0.15, -0.1) is 0 Å². The van der Waals surface area contributed by atoms with Gasteiger partial charge in [0.05, 0.1) is 0 Å². The molecule has 0 amide bonds. The Morgan fingerprint density at radius 2 is 1.50 bits per heavy atom. The third-order valence-corrected chi connectivity index (χ3v) is 3.74. The van der Waals surface area contributed by atoms with Crippen LogP contribution in [-0.4, -0.2) is 0 Å². The van der Waals surface area contributed by atoms with E-state index >= 15 is 0 Å². The van der Waals surface area contributed by atoms with Crippen LogP contribution in [0.3, 0.4) is 0 Å².